The summed E-state index contributed by atoms with van der Waals surface area (Å²) in [6.45, 7) is 0. The maximum atomic E-state index is 13.5. The molecule has 1 aliphatic heterocycles. The van der Waals surface area contributed by atoms with Crippen LogP contribution in [0.1, 0.15) is 5.76 Å². The second-order valence-electron chi connectivity index (χ2n) is 6.71. The highest BCUT2D eigenvalue weighted by molar-refractivity contribution is 7.80. The molecule has 0 saturated carbocycles. The van der Waals surface area contributed by atoms with Gasteiger partial charge in [-0.25, -0.2) is 9.29 Å². The number of methoxy groups -OCH3 is 2. The molecule has 0 atom stereocenters. The first-order valence-corrected chi connectivity index (χ1v) is 9.81. The number of hydrogen-bond donors (Lipinski definition) is 1. The first kappa shape index (κ1) is 21.3. The topological polar surface area (TPSA) is 81.0 Å². The monoisotopic (exact) mass is 452 g/mol. The van der Waals surface area contributed by atoms with Crippen LogP contribution < -0.4 is 19.7 Å². The van der Waals surface area contributed by atoms with Crippen LogP contribution in [0, 0.1) is 5.82 Å². The number of thiocarbonyl (C=S) groups is 1. The standard InChI is InChI=1S/C23H17FN2O5S/c1-29-15-6-8-18(20(12-15)30-2)26-22(28)17(21(27)25-23(26)32)11-16-7-9-19(31-16)13-4-3-5-14(24)10-13/h3-12H,1-2H3,(H,25,27,32)/b17-11+. The second-order valence-corrected chi connectivity index (χ2v) is 7.09. The molecule has 1 aliphatic rings. The van der Waals surface area contributed by atoms with Gasteiger partial charge >= 0.3 is 0 Å². The van der Waals surface area contributed by atoms with Crippen molar-refractivity contribution in [3.63, 3.8) is 0 Å². The Kier molecular flexibility index (Phi) is 5.74. The molecule has 0 radical (unpaired) electrons. The molecule has 1 fully saturated rings. The molecule has 0 aliphatic carbocycles. The van der Waals surface area contributed by atoms with E-state index in [-0.39, 0.29) is 16.4 Å². The number of nitrogens with zero attached hydrogens (tertiary/aromatic N) is 1. The number of ether oxygens (including phenoxy) is 2. The van der Waals surface area contributed by atoms with Crippen LogP contribution in [-0.4, -0.2) is 31.1 Å². The Balaban J connectivity index is 1.70. The molecule has 32 heavy (non-hydrogen) atoms. The highest BCUT2D eigenvalue weighted by Gasteiger charge is 2.36. The predicted molar refractivity (Wildman–Crippen MR) is 120 cm³/mol. The molecule has 0 spiro atoms. The third-order valence-corrected chi connectivity index (χ3v) is 5.04. The molecular weight excluding hydrogens is 435 g/mol. The van der Waals surface area contributed by atoms with Gasteiger partial charge in [0.2, 0.25) is 0 Å². The number of nitrogens with one attached hydrogen (secondary N) is 1. The molecule has 3 aromatic rings. The molecule has 1 saturated heterocycles. The number of halogens is 1. The minimum atomic E-state index is -0.660. The zero-order valence-electron chi connectivity index (χ0n) is 17.0. The molecule has 0 unspecified atom stereocenters. The van der Waals surface area contributed by atoms with Crippen molar-refractivity contribution in [2.24, 2.45) is 0 Å². The molecule has 2 heterocycles. The van der Waals surface area contributed by atoms with Crippen LogP contribution in [-0.2, 0) is 9.59 Å². The lowest BCUT2D eigenvalue weighted by molar-refractivity contribution is -0.122. The minimum absolute atomic E-state index is 0.0829. The van der Waals surface area contributed by atoms with Gasteiger partial charge in [0.25, 0.3) is 11.8 Å². The molecule has 2 amide bonds. The Labute approximate surface area is 188 Å². The smallest absolute Gasteiger partial charge is 0.270 e. The number of amides is 2. The van der Waals surface area contributed by atoms with Gasteiger partial charge in [0.05, 0.1) is 19.9 Å². The summed E-state index contributed by atoms with van der Waals surface area (Å²) in [5, 5.41) is 2.42. The summed E-state index contributed by atoms with van der Waals surface area (Å²) < 4.78 is 29.7. The summed E-state index contributed by atoms with van der Waals surface area (Å²) in [5.41, 5.74) is 0.686. The summed E-state index contributed by atoms with van der Waals surface area (Å²) in [6.07, 6.45) is 1.31. The number of benzene rings is 2. The first-order chi connectivity index (χ1) is 15.4. The van der Waals surface area contributed by atoms with Crippen molar-refractivity contribution >= 4 is 40.9 Å². The lowest BCUT2D eigenvalue weighted by Gasteiger charge is -2.29. The number of hydrogen-bond acceptors (Lipinski definition) is 6. The summed E-state index contributed by atoms with van der Waals surface area (Å²) in [4.78, 5) is 26.9. The van der Waals surface area contributed by atoms with Crippen LogP contribution in [0.4, 0.5) is 10.1 Å². The van der Waals surface area contributed by atoms with Crippen molar-refractivity contribution in [2.75, 3.05) is 19.1 Å². The minimum Gasteiger partial charge on any atom is -0.497 e. The molecule has 1 N–H and O–H groups in total. The molecule has 1 aromatic heterocycles. The van der Waals surface area contributed by atoms with Gasteiger partial charge in [-0.05, 0) is 54.7 Å². The van der Waals surface area contributed by atoms with Crippen LogP contribution in [0.5, 0.6) is 11.5 Å². The average molecular weight is 452 g/mol. The van der Waals surface area contributed by atoms with Crippen molar-refractivity contribution in [2.45, 2.75) is 0 Å². The fourth-order valence-corrected chi connectivity index (χ4v) is 3.49. The van der Waals surface area contributed by atoms with Crippen LogP contribution in [0.25, 0.3) is 17.4 Å². The Morgan fingerprint density at radius 2 is 1.88 bits per heavy atom. The van der Waals surface area contributed by atoms with Gasteiger partial charge in [-0.3, -0.25) is 14.9 Å². The van der Waals surface area contributed by atoms with E-state index in [1.807, 2.05) is 0 Å². The first-order valence-electron chi connectivity index (χ1n) is 9.40. The van der Waals surface area contributed by atoms with E-state index in [0.29, 0.717) is 28.5 Å². The highest BCUT2D eigenvalue weighted by atomic mass is 32.1. The van der Waals surface area contributed by atoms with Crippen molar-refractivity contribution in [3.8, 4) is 22.8 Å². The third kappa shape index (κ3) is 3.97. The van der Waals surface area contributed by atoms with E-state index in [4.69, 9.17) is 26.1 Å². The largest absolute Gasteiger partial charge is 0.497 e. The summed E-state index contributed by atoms with van der Waals surface area (Å²) in [6, 6.07) is 14.0. The molecule has 2 aromatic carbocycles. The van der Waals surface area contributed by atoms with Gasteiger partial charge in [-0.15, -0.1) is 0 Å². The van der Waals surface area contributed by atoms with E-state index in [1.54, 1.807) is 42.5 Å². The van der Waals surface area contributed by atoms with Gasteiger partial charge in [0.1, 0.15) is 34.4 Å². The predicted octanol–water partition coefficient (Wildman–Crippen LogP) is 3.93. The fourth-order valence-electron chi connectivity index (χ4n) is 3.22. The normalized spacial score (nSPS) is 15.2. The quantitative estimate of drug-likeness (QED) is 0.359. The van der Waals surface area contributed by atoms with E-state index >= 15 is 0 Å². The van der Waals surface area contributed by atoms with Gasteiger partial charge in [0.15, 0.2) is 5.11 Å². The molecular formula is C23H17FN2O5S. The fraction of sp³-hybridized carbons (Fsp3) is 0.0870. The zero-order chi connectivity index (χ0) is 22.8. The summed E-state index contributed by atoms with van der Waals surface area (Å²) in [5.74, 6) is -0.207. The number of carbonyl (C=O) groups is 2. The van der Waals surface area contributed by atoms with E-state index < -0.39 is 17.6 Å². The maximum absolute atomic E-state index is 13.5. The summed E-state index contributed by atoms with van der Waals surface area (Å²) in [7, 11) is 2.95. The number of furan rings is 1. The van der Waals surface area contributed by atoms with E-state index in [9.17, 15) is 14.0 Å². The van der Waals surface area contributed by atoms with Crippen LogP contribution in [0.2, 0.25) is 0 Å². The highest BCUT2D eigenvalue weighted by Crippen LogP contribution is 2.34. The van der Waals surface area contributed by atoms with Gasteiger partial charge in [-0.2, -0.15) is 0 Å². The molecule has 7 nitrogen and oxygen atoms in total. The lowest BCUT2D eigenvalue weighted by Crippen LogP contribution is -2.54. The molecule has 4 rings (SSSR count). The van der Waals surface area contributed by atoms with E-state index in [2.05, 4.69) is 5.32 Å². The van der Waals surface area contributed by atoms with E-state index in [1.165, 1.54) is 32.4 Å². The van der Waals surface area contributed by atoms with Crippen molar-refractivity contribution in [3.05, 3.63) is 71.7 Å². The lowest BCUT2D eigenvalue weighted by atomic mass is 10.1. The molecule has 0 bridgehead atoms. The average Bonchev–Trinajstić information content (AvgIpc) is 3.25. The Morgan fingerprint density at radius 3 is 2.59 bits per heavy atom. The SMILES string of the molecule is COc1ccc(N2C(=O)/C(=C/c3ccc(-c4cccc(F)c4)o3)C(=O)NC2=S)c(OC)c1. The van der Waals surface area contributed by atoms with Gasteiger partial charge in [-0.1, -0.05) is 12.1 Å². The van der Waals surface area contributed by atoms with Crippen molar-refractivity contribution in [1.29, 1.82) is 0 Å². The summed E-state index contributed by atoms with van der Waals surface area (Å²) >= 11 is 5.23. The van der Waals surface area contributed by atoms with Gasteiger partial charge in [0, 0.05) is 11.6 Å². The third-order valence-electron chi connectivity index (χ3n) is 4.75. The van der Waals surface area contributed by atoms with Crippen LogP contribution in [0.15, 0.2) is 64.6 Å². The van der Waals surface area contributed by atoms with Crippen molar-refractivity contribution < 1.29 is 27.9 Å². The van der Waals surface area contributed by atoms with Gasteiger partial charge < -0.3 is 13.9 Å². The second kappa shape index (κ2) is 8.64. The molecule has 9 heteroatoms. The number of anilines is 1. The van der Waals surface area contributed by atoms with Crippen LogP contribution in [0.3, 0.4) is 0 Å². The Hall–Kier alpha value is -3.98. The number of carbonyl (C=O) groups excluding carboxylic acids is 2. The Bertz CT molecular complexity index is 1270. The van der Waals surface area contributed by atoms with Crippen molar-refractivity contribution in [1.82, 2.24) is 5.32 Å². The Morgan fingerprint density at radius 1 is 1.06 bits per heavy atom. The maximum Gasteiger partial charge on any atom is 0.270 e. The number of rotatable bonds is 5. The zero-order valence-corrected chi connectivity index (χ0v) is 17.9. The van der Waals surface area contributed by atoms with Crippen LogP contribution >= 0.6 is 12.2 Å². The van der Waals surface area contributed by atoms with E-state index in [0.717, 1.165) is 4.90 Å². The molecule has 162 valence electrons.